The number of hydrogen-bond donors (Lipinski definition) is 2. The molecule has 1 aromatic rings. The summed E-state index contributed by atoms with van der Waals surface area (Å²) in [5.41, 5.74) is 5.48. The van der Waals surface area contributed by atoms with Crippen LogP contribution in [0.2, 0.25) is 0 Å². The van der Waals surface area contributed by atoms with Crippen molar-refractivity contribution in [2.75, 3.05) is 18.8 Å². The molecular formula is C9H17N5. The van der Waals surface area contributed by atoms with Crippen LogP contribution < -0.4 is 11.1 Å². The first-order chi connectivity index (χ1) is 6.84. The van der Waals surface area contributed by atoms with Gasteiger partial charge in [0.1, 0.15) is 0 Å². The molecular weight excluding hydrogens is 178 g/mol. The Hall–Kier alpha value is -1.10. The summed E-state index contributed by atoms with van der Waals surface area (Å²) in [5.74, 6) is 1.34. The molecule has 1 fully saturated rings. The van der Waals surface area contributed by atoms with E-state index in [4.69, 9.17) is 5.73 Å². The van der Waals surface area contributed by atoms with Crippen LogP contribution >= 0.6 is 0 Å². The molecule has 0 unspecified atom stereocenters. The second-order valence-electron chi connectivity index (χ2n) is 3.89. The normalized spacial score (nSPS) is 18.6. The number of nitrogens with one attached hydrogen (secondary N) is 1. The molecule has 0 atom stereocenters. The fourth-order valence-electron chi connectivity index (χ4n) is 1.91. The second-order valence-corrected chi connectivity index (χ2v) is 3.89. The van der Waals surface area contributed by atoms with Crippen molar-refractivity contribution in [3.05, 3.63) is 6.20 Å². The van der Waals surface area contributed by atoms with Crippen LogP contribution in [0.1, 0.15) is 19.3 Å². The van der Waals surface area contributed by atoms with Crippen LogP contribution in [0, 0.1) is 5.92 Å². The Morgan fingerprint density at radius 3 is 2.93 bits per heavy atom. The molecule has 0 spiro atoms. The van der Waals surface area contributed by atoms with Crippen molar-refractivity contribution in [3.8, 4) is 0 Å². The van der Waals surface area contributed by atoms with Gasteiger partial charge in [-0.3, -0.25) is 4.68 Å². The minimum atomic E-state index is 0.510. The van der Waals surface area contributed by atoms with E-state index in [0.29, 0.717) is 5.82 Å². The fraction of sp³-hybridized carbons (Fsp3) is 0.778. The van der Waals surface area contributed by atoms with Gasteiger partial charge in [-0.25, -0.2) is 0 Å². The van der Waals surface area contributed by atoms with Gasteiger partial charge >= 0.3 is 0 Å². The number of nitrogens with zero attached hydrogens (tertiary/aromatic N) is 3. The molecule has 1 saturated heterocycles. The van der Waals surface area contributed by atoms with E-state index in [9.17, 15) is 0 Å². The van der Waals surface area contributed by atoms with Gasteiger partial charge in [-0.05, 0) is 38.3 Å². The lowest BCUT2D eigenvalue weighted by Gasteiger charge is -2.22. The summed E-state index contributed by atoms with van der Waals surface area (Å²) in [6.45, 7) is 3.25. The lowest BCUT2D eigenvalue weighted by Crippen LogP contribution is -2.28. The Bertz CT molecular complexity index is 276. The zero-order chi connectivity index (χ0) is 9.80. The number of nitrogens with two attached hydrogens (primary N) is 1. The SMILES string of the molecule is Nc1cn(CCC2CCNCC2)nn1. The zero-order valence-corrected chi connectivity index (χ0v) is 8.32. The number of nitrogen functional groups attached to an aromatic ring is 1. The molecule has 2 heterocycles. The predicted molar refractivity (Wildman–Crippen MR) is 54.6 cm³/mol. The molecule has 1 aliphatic heterocycles. The minimum absolute atomic E-state index is 0.510. The first kappa shape index (κ1) is 9.45. The summed E-state index contributed by atoms with van der Waals surface area (Å²) in [4.78, 5) is 0. The summed E-state index contributed by atoms with van der Waals surface area (Å²) in [6.07, 6.45) is 5.54. The molecule has 3 N–H and O–H groups in total. The Kier molecular flexibility index (Phi) is 2.98. The molecule has 1 aromatic heterocycles. The average molecular weight is 195 g/mol. The molecule has 5 heteroatoms. The van der Waals surface area contributed by atoms with E-state index in [0.717, 1.165) is 25.6 Å². The third-order valence-corrected chi connectivity index (χ3v) is 2.78. The number of piperidine rings is 1. The first-order valence-corrected chi connectivity index (χ1v) is 5.21. The van der Waals surface area contributed by atoms with Crippen molar-refractivity contribution in [1.82, 2.24) is 20.3 Å². The fourth-order valence-corrected chi connectivity index (χ4v) is 1.91. The third-order valence-electron chi connectivity index (χ3n) is 2.78. The van der Waals surface area contributed by atoms with Crippen LogP contribution in [0.5, 0.6) is 0 Å². The van der Waals surface area contributed by atoms with Gasteiger partial charge in [0.05, 0.1) is 6.20 Å². The molecule has 0 aliphatic carbocycles. The van der Waals surface area contributed by atoms with Crippen molar-refractivity contribution >= 4 is 5.82 Å². The van der Waals surface area contributed by atoms with E-state index in [1.807, 2.05) is 4.68 Å². The Morgan fingerprint density at radius 1 is 1.50 bits per heavy atom. The van der Waals surface area contributed by atoms with E-state index in [2.05, 4.69) is 15.6 Å². The van der Waals surface area contributed by atoms with Gasteiger partial charge in [-0.15, -0.1) is 5.10 Å². The number of hydrogen-bond acceptors (Lipinski definition) is 4. The molecule has 2 rings (SSSR count). The van der Waals surface area contributed by atoms with Crippen LogP contribution in [0.4, 0.5) is 5.82 Å². The topological polar surface area (TPSA) is 68.8 Å². The maximum atomic E-state index is 5.48. The van der Waals surface area contributed by atoms with Gasteiger partial charge in [0, 0.05) is 6.54 Å². The van der Waals surface area contributed by atoms with Gasteiger partial charge < -0.3 is 11.1 Å². The van der Waals surface area contributed by atoms with Gasteiger partial charge in [0.25, 0.3) is 0 Å². The smallest absolute Gasteiger partial charge is 0.165 e. The van der Waals surface area contributed by atoms with Crippen LogP contribution in [0.15, 0.2) is 6.20 Å². The number of aryl methyl sites for hydroxylation is 1. The molecule has 5 nitrogen and oxygen atoms in total. The lowest BCUT2D eigenvalue weighted by atomic mass is 9.95. The van der Waals surface area contributed by atoms with E-state index in [1.165, 1.54) is 19.3 Å². The highest BCUT2D eigenvalue weighted by Gasteiger charge is 2.12. The van der Waals surface area contributed by atoms with Crippen molar-refractivity contribution in [2.45, 2.75) is 25.8 Å². The standard InChI is InChI=1S/C9H17N5/c10-9-7-14(13-12-9)6-3-8-1-4-11-5-2-8/h7-8,11H,1-6,10H2. The monoisotopic (exact) mass is 195 g/mol. The highest BCUT2D eigenvalue weighted by atomic mass is 15.4. The Labute approximate surface area is 83.7 Å². The number of rotatable bonds is 3. The highest BCUT2D eigenvalue weighted by Crippen LogP contribution is 2.16. The van der Waals surface area contributed by atoms with E-state index in [1.54, 1.807) is 6.20 Å². The summed E-state index contributed by atoms with van der Waals surface area (Å²) < 4.78 is 1.83. The van der Waals surface area contributed by atoms with Crippen LogP contribution in [-0.4, -0.2) is 28.1 Å². The van der Waals surface area contributed by atoms with Crippen molar-refractivity contribution < 1.29 is 0 Å². The van der Waals surface area contributed by atoms with E-state index >= 15 is 0 Å². The summed E-state index contributed by atoms with van der Waals surface area (Å²) in [6, 6.07) is 0. The molecule has 1 aliphatic rings. The van der Waals surface area contributed by atoms with Gasteiger partial charge in [-0.1, -0.05) is 5.21 Å². The van der Waals surface area contributed by atoms with Crippen LogP contribution in [0.25, 0.3) is 0 Å². The summed E-state index contributed by atoms with van der Waals surface area (Å²) >= 11 is 0. The average Bonchev–Trinajstić information content (AvgIpc) is 2.63. The zero-order valence-electron chi connectivity index (χ0n) is 8.32. The molecule has 0 aromatic carbocycles. The molecule has 78 valence electrons. The van der Waals surface area contributed by atoms with E-state index in [-0.39, 0.29) is 0 Å². The quantitative estimate of drug-likeness (QED) is 0.725. The predicted octanol–water partition coefficient (Wildman–Crippen LogP) is 0.250. The van der Waals surface area contributed by atoms with Crippen LogP contribution in [0.3, 0.4) is 0 Å². The second kappa shape index (κ2) is 4.41. The van der Waals surface area contributed by atoms with Gasteiger partial charge in [-0.2, -0.15) is 0 Å². The summed E-state index contributed by atoms with van der Waals surface area (Å²) in [7, 11) is 0. The van der Waals surface area contributed by atoms with Crippen molar-refractivity contribution in [3.63, 3.8) is 0 Å². The first-order valence-electron chi connectivity index (χ1n) is 5.21. The van der Waals surface area contributed by atoms with Gasteiger partial charge in [0.2, 0.25) is 0 Å². The number of aromatic nitrogens is 3. The third kappa shape index (κ3) is 2.45. The lowest BCUT2D eigenvalue weighted by molar-refractivity contribution is 0.330. The Morgan fingerprint density at radius 2 is 2.29 bits per heavy atom. The van der Waals surface area contributed by atoms with Crippen molar-refractivity contribution in [2.24, 2.45) is 5.92 Å². The van der Waals surface area contributed by atoms with E-state index < -0.39 is 0 Å². The highest BCUT2D eigenvalue weighted by molar-refractivity contribution is 5.19. The molecule has 0 saturated carbocycles. The minimum Gasteiger partial charge on any atom is -0.381 e. The molecule has 14 heavy (non-hydrogen) atoms. The largest absolute Gasteiger partial charge is 0.381 e. The molecule has 0 amide bonds. The Balaban J connectivity index is 1.76. The van der Waals surface area contributed by atoms with Crippen molar-refractivity contribution in [1.29, 1.82) is 0 Å². The molecule has 0 bridgehead atoms. The summed E-state index contributed by atoms with van der Waals surface area (Å²) in [5, 5.41) is 11.0. The maximum absolute atomic E-state index is 5.48. The molecule has 0 radical (unpaired) electrons. The van der Waals surface area contributed by atoms with Crippen LogP contribution in [-0.2, 0) is 6.54 Å². The van der Waals surface area contributed by atoms with Gasteiger partial charge in [0.15, 0.2) is 5.82 Å². The number of anilines is 1. The maximum Gasteiger partial charge on any atom is 0.165 e.